The van der Waals surface area contributed by atoms with Crippen LogP contribution >= 0.6 is 0 Å². The van der Waals surface area contributed by atoms with Gasteiger partial charge < -0.3 is 25.7 Å². The summed E-state index contributed by atoms with van der Waals surface area (Å²) >= 11 is 0. The Labute approximate surface area is 134 Å². The third-order valence-electron chi connectivity index (χ3n) is 4.41. The molecule has 0 bridgehead atoms. The Morgan fingerprint density at radius 3 is 2.09 bits per heavy atom. The summed E-state index contributed by atoms with van der Waals surface area (Å²) in [5.74, 6) is 0. The van der Waals surface area contributed by atoms with E-state index in [9.17, 15) is 15.3 Å². The van der Waals surface area contributed by atoms with Gasteiger partial charge in [-0.05, 0) is 18.5 Å². The highest BCUT2D eigenvalue weighted by molar-refractivity contribution is 5.21. The van der Waals surface area contributed by atoms with Crippen LogP contribution in [0.2, 0.25) is 0 Å². The van der Waals surface area contributed by atoms with Gasteiger partial charge in [-0.25, -0.2) is 0 Å². The van der Waals surface area contributed by atoms with Crippen molar-refractivity contribution in [2.75, 3.05) is 13.2 Å². The zero-order valence-corrected chi connectivity index (χ0v) is 13.7. The van der Waals surface area contributed by atoms with Gasteiger partial charge in [0.05, 0.1) is 12.6 Å². The highest BCUT2D eigenvalue weighted by Gasteiger charge is 2.36. The Balaban J connectivity index is 2.17. The third kappa shape index (κ3) is 6.34. The molecule has 5 N–H and O–H groups in total. The van der Waals surface area contributed by atoms with Crippen LogP contribution in [0.3, 0.4) is 0 Å². The minimum atomic E-state index is -1.25. The Bertz CT molecular complexity index is 322. The second kappa shape index (κ2) is 11.1. The molecule has 0 saturated heterocycles. The van der Waals surface area contributed by atoms with Gasteiger partial charge in [-0.15, -0.1) is 0 Å². The van der Waals surface area contributed by atoms with E-state index in [1.165, 1.54) is 38.5 Å². The molecule has 0 saturated carbocycles. The fourth-order valence-electron chi connectivity index (χ4n) is 2.90. The molecule has 0 fully saturated rings. The van der Waals surface area contributed by atoms with Gasteiger partial charge in [-0.1, -0.05) is 57.9 Å². The van der Waals surface area contributed by atoms with Crippen molar-refractivity contribution in [1.29, 1.82) is 0 Å². The predicted octanol–water partition coefficient (Wildman–Crippen LogP) is 1.10. The molecule has 0 aromatic heterocycles. The van der Waals surface area contributed by atoms with Crippen molar-refractivity contribution in [2.45, 2.75) is 82.6 Å². The zero-order chi connectivity index (χ0) is 16.4. The van der Waals surface area contributed by atoms with E-state index in [-0.39, 0.29) is 6.61 Å². The molecule has 1 rings (SSSR count). The lowest BCUT2D eigenvalue weighted by atomic mass is 9.88. The van der Waals surface area contributed by atoms with Gasteiger partial charge in [-0.2, -0.15) is 0 Å². The summed E-state index contributed by atoms with van der Waals surface area (Å²) in [4.78, 5) is 0. The number of aliphatic hydroxyl groups is 4. The summed E-state index contributed by atoms with van der Waals surface area (Å²) in [6.45, 7) is 2.67. The molecule has 5 nitrogen and oxygen atoms in total. The van der Waals surface area contributed by atoms with Crippen LogP contribution in [0, 0.1) is 0 Å². The Morgan fingerprint density at radius 2 is 1.50 bits per heavy atom. The van der Waals surface area contributed by atoms with Crippen LogP contribution in [-0.2, 0) is 0 Å². The average Bonchev–Trinajstić information content (AvgIpc) is 2.53. The smallest absolute Gasteiger partial charge is 0.111 e. The van der Waals surface area contributed by atoms with Gasteiger partial charge in [0.25, 0.3) is 0 Å². The first kappa shape index (κ1) is 19.6. The van der Waals surface area contributed by atoms with Crippen molar-refractivity contribution in [2.24, 2.45) is 0 Å². The molecule has 0 aromatic rings. The summed E-state index contributed by atoms with van der Waals surface area (Å²) in [5, 5.41) is 41.8. The van der Waals surface area contributed by atoms with Crippen LogP contribution in [-0.4, -0.2) is 57.9 Å². The van der Waals surface area contributed by atoms with E-state index >= 15 is 0 Å². The first-order chi connectivity index (χ1) is 10.6. The highest BCUT2D eigenvalue weighted by atomic mass is 16.4. The Hall–Kier alpha value is -0.460. The fraction of sp³-hybridized carbons (Fsp3) is 0.882. The van der Waals surface area contributed by atoms with Crippen molar-refractivity contribution >= 4 is 0 Å². The van der Waals surface area contributed by atoms with Gasteiger partial charge in [-0.3, -0.25) is 0 Å². The van der Waals surface area contributed by atoms with Crippen molar-refractivity contribution in [1.82, 2.24) is 5.32 Å². The van der Waals surface area contributed by atoms with E-state index in [1.807, 2.05) is 0 Å². The molecule has 0 radical (unpaired) electrons. The quantitative estimate of drug-likeness (QED) is 0.291. The van der Waals surface area contributed by atoms with Crippen molar-refractivity contribution in [3.05, 3.63) is 11.6 Å². The lowest BCUT2D eigenvalue weighted by Crippen LogP contribution is -2.54. The molecular formula is C17H33NO4. The van der Waals surface area contributed by atoms with E-state index in [0.29, 0.717) is 5.57 Å². The van der Waals surface area contributed by atoms with Gasteiger partial charge in [0, 0.05) is 0 Å². The van der Waals surface area contributed by atoms with E-state index in [4.69, 9.17) is 5.11 Å². The third-order valence-corrected chi connectivity index (χ3v) is 4.41. The largest absolute Gasteiger partial charge is 0.392 e. The number of hydrogen-bond donors (Lipinski definition) is 5. The zero-order valence-electron chi connectivity index (χ0n) is 13.7. The molecule has 4 unspecified atom stereocenters. The van der Waals surface area contributed by atoms with Crippen LogP contribution in [0.25, 0.3) is 0 Å². The van der Waals surface area contributed by atoms with Crippen molar-refractivity contribution in [3.8, 4) is 0 Å². The van der Waals surface area contributed by atoms with Crippen molar-refractivity contribution in [3.63, 3.8) is 0 Å². The molecule has 0 aliphatic heterocycles. The summed E-state index contributed by atoms with van der Waals surface area (Å²) in [6.07, 6.45) is 8.11. The molecule has 1 aliphatic rings. The van der Waals surface area contributed by atoms with E-state index in [1.54, 1.807) is 6.08 Å². The summed E-state index contributed by atoms with van der Waals surface area (Å²) in [5.41, 5.74) is 0.367. The van der Waals surface area contributed by atoms with Crippen LogP contribution < -0.4 is 5.32 Å². The van der Waals surface area contributed by atoms with Crippen LogP contribution in [0.5, 0.6) is 0 Å². The van der Waals surface area contributed by atoms with E-state index in [0.717, 1.165) is 19.4 Å². The number of nitrogens with one attached hydrogen (secondary N) is 1. The first-order valence-corrected chi connectivity index (χ1v) is 8.70. The van der Waals surface area contributed by atoms with Gasteiger partial charge in [0.1, 0.15) is 18.3 Å². The molecule has 0 spiro atoms. The molecule has 22 heavy (non-hydrogen) atoms. The predicted molar refractivity (Wildman–Crippen MR) is 87.6 cm³/mol. The van der Waals surface area contributed by atoms with Crippen LogP contribution in [0.4, 0.5) is 0 Å². The number of aliphatic hydroxyl groups excluding tert-OH is 4. The second-order valence-corrected chi connectivity index (χ2v) is 6.28. The number of rotatable bonds is 11. The molecule has 0 amide bonds. The number of hydrogen-bond acceptors (Lipinski definition) is 5. The average molecular weight is 315 g/mol. The monoisotopic (exact) mass is 315 g/mol. The lowest BCUT2D eigenvalue weighted by molar-refractivity contribution is -0.0641. The van der Waals surface area contributed by atoms with Gasteiger partial charge in [0.15, 0.2) is 0 Å². The Kier molecular flexibility index (Phi) is 9.91. The standard InChI is InChI=1S/C17H33NO4/c1-2-3-4-5-6-7-8-9-10-18-14-11-13(12-19)15(20)17(22)16(14)21/h11,14-22H,2-10,12H2,1H3. The molecule has 0 aromatic carbocycles. The Morgan fingerprint density at radius 1 is 0.909 bits per heavy atom. The van der Waals surface area contributed by atoms with E-state index < -0.39 is 24.4 Å². The second-order valence-electron chi connectivity index (χ2n) is 6.28. The maximum absolute atomic E-state index is 9.95. The summed E-state index contributed by atoms with van der Waals surface area (Å²) in [7, 11) is 0. The minimum absolute atomic E-state index is 0.305. The number of unbranched alkanes of at least 4 members (excludes halogenated alkanes) is 7. The highest BCUT2D eigenvalue weighted by Crippen LogP contribution is 2.20. The normalized spacial score (nSPS) is 28.7. The summed E-state index contributed by atoms with van der Waals surface area (Å²) < 4.78 is 0. The maximum Gasteiger partial charge on any atom is 0.111 e. The van der Waals surface area contributed by atoms with Crippen LogP contribution in [0.15, 0.2) is 11.6 Å². The minimum Gasteiger partial charge on any atom is -0.392 e. The molecule has 4 atom stereocenters. The lowest BCUT2D eigenvalue weighted by Gasteiger charge is -2.34. The SMILES string of the molecule is CCCCCCCCCCNC1C=C(CO)C(O)C(O)C1O. The molecule has 0 heterocycles. The van der Waals surface area contributed by atoms with Crippen LogP contribution in [0.1, 0.15) is 58.3 Å². The molecule has 1 aliphatic carbocycles. The molecule has 130 valence electrons. The topological polar surface area (TPSA) is 93.0 Å². The van der Waals surface area contributed by atoms with Crippen molar-refractivity contribution < 1.29 is 20.4 Å². The molecule has 5 heteroatoms. The fourth-order valence-corrected chi connectivity index (χ4v) is 2.90. The first-order valence-electron chi connectivity index (χ1n) is 8.70. The van der Waals surface area contributed by atoms with Gasteiger partial charge in [0.2, 0.25) is 0 Å². The van der Waals surface area contributed by atoms with E-state index in [2.05, 4.69) is 12.2 Å². The van der Waals surface area contributed by atoms with Gasteiger partial charge >= 0.3 is 0 Å². The maximum atomic E-state index is 9.95. The summed E-state index contributed by atoms with van der Waals surface area (Å²) in [6, 6.07) is -0.412. The molecular weight excluding hydrogens is 282 g/mol.